The molecule has 1 saturated heterocycles. The molecule has 1 aliphatic heterocycles. The topological polar surface area (TPSA) is 12.0 Å². The number of benzene rings is 1. The van der Waals surface area contributed by atoms with Crippen molar-refractivity contribution >= 4 is 0 Å². The Morgan fingerprint density at radius 3 is 2.84 bits per heavy atom. The first-order chi connectivity index (χ1) is 9.12. The first-order valence-electron chi connectivity index (χ1n) is 7.32. The lowest BCUT2D eigenvalue weighted by Crippen LogP contribution is -2.35. The van der Waals surface area contributed by atoms with Crippen LogP contribution in [0.2, 0.25) is 0 Å². The van der Waals surface area contributed by atoms with Gasteiger partial charge >= 0.3 is 0 Å². The van der Waals surface area contributed by atoms with E-state index in [9.17, 15) is 8.78 Å². The normalized spacial score (nSPS) is 20.5. The van der Waals surface area contributed by atoms with Crippen LogP contribution in [0, 0.1) is 0 Å². The van der Waals surface area contributed by atoms with Crippen LogP contribution in [0.4, 0.5) is 8.78 Å². The van der Waals surface area contributed by atoms with Crippen molar-refractivity contribution in [2.75, 3.05) is 6.54 Å². The van der Waals surface area contributed by atoms with Gasteiger partial charge in [0.15, 0.2) is 0 Å². The summed E-state index contributed by atoms with van der Waals surface area (Å²) in [6, 6.07) is 7.40. The molecule has 0 amide bonds. The van der Waals surface area contributed by atoms with E-state index in [1.165, 1.54) is 12.8 Å². The molecule has 2 rings (SSSR count). The van der Waals surface area contributed by atoms with Crippen molar-refractivity contribution < 1.29 is 8.78 Å². The second-order valence-electron chi connectivity index (χ2n) is 5.51. The van der Waals surface area contributed by atoms with Crippen LogP contribution in [-0.2, 0) is 12.3 Å². The van der Waals surface area contributed by atoms with Crippen LogP contribution in [0.5, 0.6) is 0 Å². The molecule has 19 heavy (non-hydrogen) atoms. The summed E-state index contributed by atoms with van der Waals surface area (Å²) in [6.07, 6.45) is 4.90. The van der Waals surface area contributed by atoms with Gasteiger partial charge in [-0.3, -0.25) is 0 Å². The maximum Gasteiger partial charge on any atom is 0.273 e. The number of halogens is 2. The summed E-state index contributed by atoms with van der Waals surface area (Å²) in [7, 11) is 0. The number of hydrogen-bond acceptors (Lipinski definition) is 1. The molecule has 1 aliphatic rings. The van der Waals surface area contributed by atoms with Crippen molar-refractivity contribution in [2.45, 2.75) is 57.4 Å². The molecule has 0 radical (unpaired) electrons. The summed E-state index contributed by atoms with van der Waals surface area (Å²) in [6.45, 7) is 2.85. The first-order valence-corrected chi connectivity index (χ1v) is 7.32. The molecule has 0 saturated carbocycles. The average molecular weight is 267 g/mol. The van der Waals surface area contributed by atoms with Crippen LogP contribution in [0.3, 0.4) is 0 Å². The fraction of sp³-hybridized carbons (Fsp3) is 0.625. The molecule has 0 spiro atoms. The Balaban J connectivity index is 2.06. The van der Waals surface area contributed by atoms with Gasteiger partial charge in [0, 0.05) is 18.0 Å². The van der Waals surface area contributed by atoms with E-state index in [0.29, 0.717) is 12.5 Å². The molecular weight excluding hydrogens is 244 g/mol. The van der Waals surface area contributed by atoms with Crippen molar-refractivity contribution in [3.8, 4) is 0 Å². The summed E-state index contributed by atoms with van der Waals surface area (Å²) in [5, 5.41) is 3.46. The summed E-state index contributed by atoms with van der Waals surface area (Å²) in [4.78, 5) is 0. The fourth-order valence-electron chi connectivity index (χ4n) is 2.77. The minimum absolute atomic E-state index is 0.0713. The van der Waals surface area contributed by atoms with E-state index in [1.807, 2.05) is 6.07 Å². The number of nitrogens with one attached hydrogen (secondary N) is 1. The molecule has 1 N–H and O–H groups in total. The van der Waals surface area contributed by atoms with Gasteiger partial charge in [0.2, 0.25) is 0 Å². The monoisotopic (exact) mass is 267 g/mol. The Hall–Kier alpha value is -0.960. The molecule has 1 nitrogen and oxygen atoms in total. The quantitative estimate of drug-likeness (QED) is 0.840. The molecule has 1 heterocycles. The second kappa shape index (κ2) is 6.47. The molecule has 1 fully saturated rings. The van der Waals surface area contributed by atoms with E-state index in [4.69, 9.17) is 0 Å². The van der Waals surface area contributed by atoms with Gasteiger partial charge in [-0.1, -0.05) is 38.0 Å². The molecule has 1 aromatic carbocycles. The van der Waals surface area contributed by atoms with Gasteiger partial charge in [0.1, 0.15) is 0 Å². The van der Waals surface area contributed by atoms with Gasteiger partial charge in [0.25, 0.3) is 5.92 Å². The third-order valence-electron chi connectivity index (χ3n) is 3.81. The third kappa shape index (κ3) is 4.00. The van der Waals surface area contributed by atoms with Crippen molar-refractivity contribution in [2.24, 2.45) is 0 Å². The fourth-order valence-corrected chi connectivity index (χ4v) is 2.77. The zero-order chi connectivity index (χ0) is 13.7. The average Bonchev–Trinajstić information content (AvgIpc) is 2.40. The predicted octanol–water partition coefficient (Wildman–Crippen LogP) is 4.26. The Morgan fingerprint density at radius 1 is 1.32 bits per heavy atom. The highest BCUT2D eigenvalue weighted by Crippen LogP contribution is 2.33. The molecule has 0 bridgehead atoms. The molecule has 3 heteroatoms. The number of alkyl halides is 2. The summed E-state index contributed by atoms with van der Waals surface area (Å²) in [5.41, 5.74) is 1.19. The Morgan fingerprint density at radius 2 is 2.16 bits per heavy atom. The molecule has 1 aromatic rings. The molecule has 106 valence electrons. The highest BCUT2D eigenvalue weighted by atomic mass is 19.3. The number of rotatable bonds is 5. The van der Waals surface area contributed by atoms with E-state index < -0.39 is 5.92 Å². The minimum atomic E-state index is -2.69. The Kier molecular flexibility index (Phi) is 4.92. The Labute approximate surface area is 114 Å². The highest BCUT2D eigenvalue weighted by molar-refractivity contribution is 5.27. The van der Waals surface area contributed by atoms with Gasteiger partial charge in [0.05, 0.1) is 0 Å². The third-order valence-corrected chi connectivity index (χ3v) is 3.81. The van der Waals surface area contributed by atoms with Crippen molar-refractivity contribution in [1.29, 1.82) is 0 Å². The van der Waals surface area contributed by atoms with E-state index in [-0.39, 0.29) is 12.0 Å². The maximum atomic E-state index is 13.9. The first kappa shape index (κ1) is 14.4. The summed E-state index contributed by atoms with van der Waals surface area (Å²) >= 11 is 0. The standard InChI is InChI=1S/C16H23F2N/c1-2-9-16(17,18)14-7-5-6-13(11-14)12-15-8-3-4-10-19-15/h5-7,11,15,19H,2-4,8-10,12H2,1H3. The van der Waals surface area contributed by atoms with Gasteiger partial charge < -0.3 is 5.32 Å². The summed E-state index contributed by atoms with van der Waals surface area (Å²) < 4.78 is 27.8. The smallest absolute Gasteiger partial charge is 0.273 e. The van der Waals surface area contributed by atoms with Crippen LogP contribution in [0.1, 0.15) is 50.2 Å². The van der Waals surface area contributed by atoms with E-state index in [2.05, 4.69) is 5.32 Å². The highest BCUT2D eigenvalue weighted by Gasteiger charge is 2.30. The largest absolute Gasteiger partial charge is 0.314 e. The van der Waals surface area contributed by atoms with Gasteiger partial charge in [-0.15, -0.1) is 0 Å². The molecule has 1 unspecified atom stereocenters. The maximum absolute atomic E-state index is 13.9. The molecule has 0 aromatic heterocycles. The van der Waals surface area contributed by atoms with Gasteiger partial charge in [-0.2, -0.15) is 0 Å². The SMILES string of the molecule is CCCC(F)(F)c1cccc(CC2CCCCN2)c1. The van der Waals surface area contributed by atoms with Crippen LogP contribution >= 0.6 is 0 Å². The van der Waals surface area contributed by atoms with Crippen LogP contribution in [0.15, 0.2) is 24.3 Å². The predicted molar refractivity (Wildman–Crippen MR) is 74.6 cm³/mol. The van der Waals surface area contributed by atoms with Crippen LogP contribution in [-0.4, -0.2) is 12.6 Å². The van der Waals surface area contributed by atoms with Gasteiger partial charge in [-0.05, 0) is 37.4 Å². The van der Waals surface area contributed by atoms with E-state index in [0.717, 1.165) is 24.9 Å². The number of hydrogen-bond donors (Lipinski definition) is 1. The van der Waals surface area contributed by atoms with Crippen LogP contribution < -0.4 is 5.32 Å². The lowest BCUT2D eigenvalue weighted by Gasteiger charge is -2.24. The van der Waals surface area contributed by atoms with Gasteiger partial charge in [-0.25, -0.2) is 8.78 Å². The second-order valence-corrected chi connectivity index (χ2v) is 5.51. The molecular formula is C16H23F2N. The van der Waals surface area contributed by atoms with Crippen molar-refractivity contribution in [3.05, 3.63) is 35.4 Å². The van der Waals surface area contributed by atoms with Crippen LogP contribution in [0.25, 0.3) is 0 Å². The minimum Gasteiger partial charge on any atom is -0.314 e. The Bertz CT molecular complexity index is 397. The van der Waals surface area contributed by atoms with Crippen molar-refractivity contribution in [1.82, 2.24) is 5.32 Å². The lowest BCUT2D eigenvalue weighted by molar-refractivity contribution is -0.0141. The molecule has 0 aliphatic carbocycles. The lowest BCUT2D eigenvalue weighted by atomic mass is 9.95. The van der Waals surface area contributed by atoms with Crippen molar-refractivity contribution in [3.63, 3.8) is 0 Å². The molecule has 1 atom stereocenters. The zero-order valence-electron chi connectivity index (χ0n) is 11.6. The van der Waals surface area contributed by atoms with E-state index in [1.54, 1.807) is 25.1 Å². The zero-order valence-corrected chi connectivity index (χ0v) is 11.6. The summed E-state index contributed by atoms with van der Waals surface area (Å²) in [5.74, 6) is -2.69. The van der Waals surface area contributed by atoms with E-state index >= 15 is 0 Å². The number of piperidine rings is 1.